The fourth-order valence-electron chi connectivity index (χ4n) is 2.01. The normalized spacial score (nSPS) is 14.1. The number of nitrogens with one attached hydrogen (secondary N) is 1. The van der Waals surface area contributed by atoms with Crippen LogP contribution < -0.4 is 5.32 Å². The third-order valence-corrected chi connectivity index (χ3v) is 3.72. The molecule has 0 aliphatic heterocycles. The van der Waals surface area contributed by atoms with E-state index in [9.17, 15) is 0 Å². The van der Waals surface area contributed by atoms with Crippen LogP contribution in [0.1, 0.15) is 30.9 Å². The van der Waals surface area contributed by atoms with Gasteiger partial charge in [0.15, 0.2) is 0 Å². The lowest BCUT2D eigenvalue weighted by Crippen LogP contribution is -2.30. The zero-order valence-corrected chi connectivity index (χ0v) is 12.1. The van der Waals surface area contributed by atoms with Crippen molar-refractivity contribution in [3.63, 3.8) is 0 Å². The van der Waals surface area contributed by atoms with Gasteiger partial charge in [-0.1, -0.05) is 54.9 Å². The first kappa shape index (κ1) is 14.0. The smallest absolute Gasteiger partial charge is 0.129 e. The number of pyridine rings is 1. The number of rotatable bonds is 5. The van der Waals surface area contributed by atoms with Gasteiger partial charge in [-0.3, -0.25) is 0 Å². The first-order valence-electron chi connectivity index (χ1n) is 6.55. The minimum Gasteiger partial charge on any atom is -0.310 e. The van der Waals surface area contributed by atoms with Crippen LogP contribution in [0.3, 0.4) is 0 Å². The topological polar surface area (TPSA) is 24.9 Å². The highest BCUT2D eigenvalue weighted by atomic mass is 35.5. The van der Waals surface area contributed by atoms with Gasteiger partial charge in [0.1, 0.15) is 5.15 Å². The summed E-state index contributed by atoms with van der Waals surface area (Å²) in [5, 5.41) is 4.07. The Hall–Kier alpha value is -1.38. The zero-order valence-electron chi connectivity index (χ0n) is 11.3. The van der Waals surface area contributed by atoms with Crippen molar-refractivity contribution in [1.82, 2.24) is 10.3 Å². The summed E-state index contributed by atoms with van der Waals surface area (Å²) in [5.74, 6) is 0.474. The first-order chi connectivity index (χ1) is 9.16. The molecule has 3 heteroatoms. The maximum Gasteiger partial charge on any atom is 0.129 e. The van der Waals surface area contributed by atoms with Crippen LogP contribution in [0.5, 0.6) is 0 Å². The Balaban J connectivity index is 1.90. The summed E-state index contributed by atoms with van der Waals surface area (Å²) in [6.07, 6.45) is 1.81. The number of aromatic nitrogens is 1. The first-order valence-corrected chi connectivity index (χ1v) is 6.93. The highest BCUT2D eigenvalue weighted by molar-refractivity contribution is 6.29. The largest absolute Gasteiger partial charge is 0.310 e. The number of hydrogen-bond acceptors (Lipinski definition) is 2. The van der Waals surface area contributed by atoms with Crippen molar-refractivity contribution < 1.29 is 0 Å². The summed E-state index contributed by atoms with van der Waals surface area (Å²) in [6.45, 7) is 5.26. The molecule has 19 heavy (non-hydrogen) atoms. The Kier molecular flexibility index (Phi) is 4.94. The molecule has 1 heterocycles. The summed E-state index contributed by atoms with van der Waals surface area (Å²) in [6, 6.07) is 14.8. The molecule has 2 atom stereocenters. The Labute approximate surface area is 119 Å². The second-order valence-electron chi connectivity index (χ2n) is 4.86. The minimum absolute atomic E-state index is 0.401. The number of benzene rings is 1. The average molecular weight is 275 g/mol. The van der Waals surface area contributed by atoms with E-state index >= 15 is 0 Å². The molecular formula is C16H19ClN2. The maximum atomic E-state index is 5.77. The molecule has 2 nitrogen and oxygen atoms in total. The zero-order chi connectivity index (χ0) is 13.7. The highest BCUT2D eigenvalue weighted by Gasteiger charge is 2.13. The summed E-state index contributed by atoms with van der Waals surface area (Å²) in [7, 11) is 0. The molecule has 0 radical (unpaired) electrons. The standard InChI is InChI=1S/C16H19ClN2/c1-12(15-6-4-3-5-7-15)13(2)18-10-14-8-9-16(17)19-11-14/h3-9,11-13,18H,10H2,1-2H3. The third kappa shape index (κ3) is 4.05. The van der Waals surface area contributed by atoms with Gasteiger partial charge in [-0.2, -0.15) is 0 Å². The van der Waals surface area contributed by atoms with Crippen LogP contribution in [0.15, 0.2) is 48.7 Å². The molecule has 2 rings (SSSR count). The molecule has 1 N–H and O–H groups in total. The predicted molar refractivity (Wildman–Crippen MR) is 80.4 cm³/mol. The molecular weight excluding hydrogens is 256 g/mol. The quantitative estimate of drug-likeness (QED) is 0.833. The Morgan fingerprint density at radius 3 is 2.47 bits per heavy atom. The van der Waals surface area contributed by atoms with Crippen LogP contribution in [0.4, 0.5) is 0 Å². The van der Waals surface area contributed by atoms with Crippen molar-refractivity contribution in [3.05, 3.63) is 64.9 Å². The molecule has 0 spiro atoms. The van der Waals surface area contributed by atoms with E-state index in [2.05, 4.69) is 48.4 Å². The Morgan fingerprint density at radius 2 is 1.84 bits per heavy atom. The van der Waals surface area contributed by atoms with Crippen molar-refractivity contribution in [2.24, 2.45) is 0 Å². The van der Waals surface area contributed by atoms with Crippen LogP contribution >= 0.6 is 11.6 Å². The SMILES string of the molecule is CC(NCc1ccc(Cl)nc1)C(C)c1ccccc1. The molecule has 0 aliphatic carbocycles. The molecule has 0 saturated carbocycles. The molecule has 1 aromatic heterocycles. The molecule has 0 saturated heterocycles. The summed E-state index contributed by atoms with van der Waals surface area (Å²) in [5.41, 5.74) is 2.51. The van der Waals surface area contributed by atoms with E-state index in [0.29, 0.717) is 17.1 Å². The Bertz CT molecular complexity index is 496. The molecule has 2 unspecified atom stereocenters. The second-order valence-corrected chi connectivity index (χ2v) is 5.25. The van der Waals surface area contributed by atoms with Crippen LogP contribution in [0.25, 0.3) is 0 Å². The van der Waals surface area contributed by atoms with Crippen molar-refractivity contribution in [2.45, 2.75) is 32.4 Å². The predicted octanol–water partition coefficient (Wildman–Crippen LogP) is 4.02. The van der Waals surface area contributed by atoms with Crippen LogP contribution in [-0.4, -0.2) is 11.0 Å². The highest BCUT2D eigenvalue weighted by Crippen LogP contribution is 2.18. The third-order valence-electron chi connectivity index (χ3n) is 3.49. The fourth-order valence-corrected chi connectivity index (χ4v) is 2.12. The molecule has 2 aromatic rings. The molecule has 0 aliphatic rings. The van der Waals surface area contributed by atoms with E-state index in [1.54, 1.807) is 0 Å². The fraction of sp³-hybridized carbons (Fsp3) is 0.312. The van der Waals surface area contributed by atoms with Crippen LogP contribution in [0, 0.1) is 0 Å². The number of nitrogens with zero attached hydrogens (tertiary/aromatic N) is 1. The van der Waals surface area contributed by atoms with Gasteiger partial charge in [-0.15, -0.1) is 0 Å². The number of hydrogen-bond donors (Lipinski definition) is 1. The van der Waals surface area contributed by atoms with Crippen LogP contribution in [0.2, 0.25) is 5.15 Å². The molecule has 1 aromatic carbocycles. The summed E-state index contributed by atoms with van der Waals surface area (Å²) < 4.78 is 0. The second kappa shape index (κ2) is 6.69. The van der Waals surface area contributed by atoms with Gasteiger partial charge in [0.25, 0.3) is 0 Å². The molecule has 0 fully saturated rings. The van der Waals surface area contributed by atoms with E-state index in [4.69, 9.17) is 11.6 Å². The van der Waals surface area contributed by atoms with Gasteiger partial charge in [-0.25, -0.2) is 4.98 Å². The summed E-state index contributed by atoms with van der Waals surface area (Å²) >= 11 is 5.77. The lowest BCUT2D eigenvalue weighted by Gasteiger charge is -2.21. The average Bonchev–Trinajstić information content (AvgIpc) is 2.46. The van der Waals surface area contributed by atoms with Gasteiger partial charge >= 0.3 is 0 Å². The van der Waals surface area contributed by atoms with Crippen molar-refractivity contribution in [3.8, 4) is 0 Å². The van der Waals surface area contributed by atoms with Gasteiger partial charge in [0, 0.05) is 18.8 Å². The van der Waals surface area contributed by atoms with Crippen LogP contribution in [-0.2, 0) is 6.54 Å². The molecule has 0 bridgehead atoms. The molecule has 0 amide bonds. The van der Waals surface area contributed by atoms with E-state index in [-0.39, 0.29) is 0 Å². The van der Waals surface area contributed by atoms with E-state index in [1.165, 1.54) is 5.56 Å². The van der Waals surface area contributed by atoms with Gasteiger partial charge < -0.3 is 5.32 Å². The van der Waals surface area contributed by atoms with Crippen molar-refractivity contribution >= 4 is 11.6 Å². The monoisotopic (exact) mass is 274 g/mol. The molecule has 100 valence electrons. The van der Waals surface area contributed by atoms with E-state index in [0.717, 1.165) is 12.1 Å². The van der Waals surface area contributed by atoms with Gasteiger partial charge in [-0.05, 0) is 30.0 Å². The maximum absolute atomic E-state index is 5.77. The van der Waals surface area contributed by atoms with Crippen molar-refractivity contribution in [2.75, 3.05) is 0 Å². The van der Waals surface area contributed by atoms with E-state index in [1.807, 2.05) is 24.4 Å². The lowest BCUT2D eigenvalue weighted by molar-refractivity contribution is 0.480. The number of halogens is 1. The summed E-state index contributed by atoms with van der Waals surface area (Å²) in [4.78, 5) is 4.09. The Morgan fingerprint density at radius 1 is 1.11 bits per heavy atom. The van der Waals surface area contributed by atoms with Crippen molar-refractivity contribution in [1.29, 1.82) is 0 Å². The van der Waals surface area contributed by atoms with Gasteiger partial charge in [0.05, 0.1) is 0 Å². The van der Waals surface area contributed by atoms with E-state index < -0.39 is 0 Å². The lowest BCUT2D eigenvalue weighted by atomic mass is 9.94. The van der Waals surface area contributed by atoms with Gasteiger partial charge in [0.2, 0.25) is 0 Å². The minimum atomic E-state index is 0.401.